The number of carbonyl (C=O) groups excluding carboxylic acids is 1. The van der Waals surface area contributed by atoms with Crippen molar-refractivity contribution in [1.29, 1.82) is 0 Å². The maximum absolute atomic E-state index is 12.1. The van der Waals surface area contributed by atoms with Gasteiger partial charge in [-0.05, 0) is 42.7 Å². The van der Waals surface area contributed by atoms with Crippen LogP contribution in [0, 0.1) is 6.92 Å². The van der Waals surface area contributed by atoms with E-state index >= 15 is 0 Å². The summed E-state index contributed by atoms with van der Waals surface area (Å²) in [6.45, 7) is 2.72. The first-order chi connectivity index (χ1) is 13.6. The van der Waals surface area contributed by atoms with Crippen LogP contribution < -0.4 is 15.4 Å². The van der Waals surface area contributed by atoms with Gasteiger partial charge < -0.3 is 15.4 Å². The van der Waals surface area contributed by atoms with Gasteiger partial charge in [0.25, 0.3) is 0 Å². The van der Waals surface area contributed by atoms with Crippen LogP contribution >= 0.6 is 0 Å². The van der Waals surface area contributed by atoms with Gasteiger partial charge in [0.05, 0.1) is 13.5 Å². The van der Waals surface area contributed by atoms with Crippen molar-refractivity contribution >= 4 is 17.5 Å². The summed E-state index contributed by atoms with van der Waals surface area (Å²) in [7, 11) is 1.67. The van der Waals surface area contributed by atoms with Crippen molar-refractivity contribution in [1.82, 2.24) is 10.2 Å². The smallest absolute Gasteiger partial charge is 0.229 e. The summed E-state index contributed by atoms with van der Waals surface area (Å²) in [6.07, 6.45) is 1.11. The van der Waals surface area contributed by atoms with E-state index in [1.54, 1.807) is 19.2 Å². The molecule has 1 heterocycles. The van der Waals surface area contributed by atoms with E-state index in [-0.39, 0.29) is 5.91 Å². The predicted octanol–water partition coefficient (Wildman–Crippen LogP) is 3.63. The summed E-state index contributed by atoms with van der Waals surface area (Å²) >= 11 is 0. The molecule has 6 heteroatoms. The van der Waals surface area contributed by atoms with Crippen molar-refractivity contribution in [2.45, 2.75) is 19.8 Å². The van der Waals surface area contributed by atoms with E-state index < -0.39 is 0 Å². The van der Waals surface area contributed by atoms with Gasteiger partial charge in [0.15, 0.2) is 5.82 Å². The molecule has 2 aromatic carbocycles. The highest BCUT2D eigenvalue weighted by molar-refractivity contribution is 5.91. The molecule has 0 saturated carbocycles. The second kappa shape index (κ2) is 9.50. The van der Waals surface area contributed by atoms with E-state index in [0.717, 1.165) is 23.3 Å². The standard InChI is InChI=1S/C22H24N4O2/c1-16-7-9-17(10-8-16)15-22(27)24-21-12-11-20(25-26-21)23-14-13-18-5-3-4-6-19(18)28-2/h3-12H,13-15H2,1-2H3,(H,23,25)(H,24,26,27). The largest absolute Gasteiger partial charge is 0.496 e. The molecule has 1 aromatic heterocycles. The molecule has 0 atom stereocenters. The number of benzene rings is 2. The fraction of sp³-hybridized carbons (Fsp3) is 0.227. The number of amides is 1. The molecule has 0 spiro atoms. The summed E-state index contributed by atoms with van der Waals surface area (Å²) in [5.41, 5.74) is 3.26. The zero-order valence-corrected chi connectivity index (χ0v) is 16.1. The number of methoxy groups -OCH3 is 1. The number of para-hydroxylation sites is 1. The Morgan fingerprint density at radius 2 is 1.68 bits per heavy atom. The number of nitrogens with zero attached hydrogens (tertiary/aromatic N) is 2. The van der Waals surface area contributed by atoms with E-state index in [1.807, 2.05) is 55.5 Å². The first-order valence-corrected chi connectivity index (χ1v) is 9.19. The Morgan fingerprint density at radius 1 is 0.964 bits per heavy atom. The maximum Gasteiger partial charge on any atom is 0.229 e. The lowest BCUT2D eigenvalue weighted by Gasteiger charge is -2.09. The van der Waals surface area contributed by atoms with Gasteiger partial charge in [-0.3, -0.25) is 4.79 Å². The molecule has 0 aliphatic rings. The van der Waals surface area contributed by atoms with Crippen molar-refractivity contribution < 1.29 is 9.53 Å². The lowest BCUT2D eigenvalue weighted by Crippen LogP contribution is -2.16. The fourth-order valence-corrected chi connectivity index (χ4v) is 2.81. The zero-order chi connectivity index (χ0) is 19.8. The molecule has 0 unspecified atom stereocenters. The van der Waals surface area contributed by atoms with Gasteiger partial charge in [0, 0.05) is 6.54 Å². The molecule has 0 radical (unpaired) electrons. The Kier molecular flexibility index (Phi) is 6.57. The van der Waals surface area contributed by atoms with Gasteiger partial charge >= 0.3 is 0 Å². The Morgan fingerprint density at radius 3 is 2.39 bits per heavy atom. The van der Waals surface area contributed by atoms with Crippen molar-refractivity contribution in [2.24, 2.45) is 0 Å². The van der Waals surface area contributed by atoms with Crippen LogP contribution in [0.5, 0.6) is 5.75 Å². The van der Waals surface area contributed by atoms with Crippen LogP contribution in [0.2, 0.25) is 0 Å². The normalized spacial score (nSPS) is 10.4. The number of hydrogen-bond donors (Lipinski definition) is 2. The monoisotopic (exact) mass is 376 g/mol. The third kappa shape index (κ3) is 5.54. The second-order valence-corrected chi connectivity index (χ2v) is 6.50. The van der Waals surface area contributed by atoms with Crippen LogP contribution in [0.1, 0.15) is 16.7 Å². The number of nitrogens with one attached hydrogen (secondary N) is 2. The summed E-state index contributed by atoms with van der Waals surface area (Å²) in [5.74, 6) is 1.86. The summed E-state index contributed by atoms with van der Waals surface area (Å²) in [5, 5.41) is 14.2. The lowest BCUT2D eigenvalue weighted by atomic mass is 10.1. The molecule has 144 valence electrons. The Bertz CT molecular complexity index is 909. The van der Waals surface area contributed by atoms with Crippen molar-refractivity contribution in [3.8, 4) is 5.75 Å². The highest BCUT2D eigenvalue weighted by Crippen LogP contribution is 2.17. The van der Waals surface area contributed by atoms with Gasteiger partial charge in [0.2, 0.25) is 5.91 Å². The number of rotatable bonds is 8. The highest BCUT2D eigenvalue weighted by Gasteiger charge is 2.06. The third-order valence-electron chi connectivity index (χ3n) is 4.31. The lowest BCUT2D eigenvalue weighted by molar-refractivity contribution is -0.115. The van der Waals surface area contributed by atoms with E-state index in [1.165, 1.54) is 5.56 Å². The molecule has 3 aromatic rings. The molecule has 0 aliphatic carbocycles. The van der Waals surface area contributed by atoms with Crippen LogP contribution in [-0.4, -0.2) is 29.8 Å². The molecule has 3 rings (SSSR count). The average molecular weight is 376 g/mol. The van der Waals surface area contributed by atoms with Crippen LogP contribution in [0.3, 0.4) is 0 Å². The number of ether oxygens (including phenoxy) is 1. The van der Waals surface area contributed by atoms with Gasteiger partial charge in [-0.15, -0.1) is 10.2 Å². The summed E-state index contributed by atoms with van der Waals surface area (Å²) in [4.78, 5) is 12.1. The van der Waals surface area contributed by atoms with Gasteiger partial charge in [-0.1, -0.05) is 48.0 Å². The van der Waals surface area contributed by atoms with Crippen LogP contribution in [0.15, 0.2) is 60.7 Å². The first kappa shape index (κ1) is 19.4. The third-order valence-corrected chi connectivity index (χ3v) is 4.31. The highest BCUT2D eigenvalue weighted by atomic mass is 16.5. The van der Waals surface area contributed by atoms with E-state index in [9.17, 15) is 4.79 Å². The molecule has 6 nitrogen and oxygen atoms in total. The topological polar surface area (TPSA) is 76.1 Å². The first-order valence-electron chi connectivity index (χ1n) is 9.19. The average Bonchev–Trinajstić information content (AvgIpc) is 2.71. The fourth-order valence-electron chi connectivity index (χ4n) is 2.81. The molecular formula is C22H24N4O2. The quantitative estimate of drug-likeness (QED) is 0.628. The predicted molar refractivity (Wildman–Crippen MR) is 111 cm³/mol. The molecule has 0 fully saturated rings. The van der Waals surface area contributed by atoms with Crippen molar-refractivity contribution in [3.63, 3.8) is 0 Å². The summed E-state index contributed by atoms with van der Waals surface area (Å²) < 4.78 is 5.35. The number of aromatic nitrogens is 2. The number of hydrogen-bond acceptors (Lipinski definition) is 5. The number of anilines is 2. The molecule has 0 saturated heterocycles. The van der Waals surface area contributed by atoms with E-state index in [4.69, 9.17) is 4.74 Å². The Hall–Kier alpha value is -3.41. The SMILES string of the molecule is COc1ccccc1CCNc1ccc(NC(=O)Cc2ccc(C)cc2)nn1. The van der Waals surface area contributed by atoms with E-state index in [0.29, 0.717) is 24.6 Å². The minimum Gasteiger partial charge on any atom is -0.496 e. The van der Waals surface area contributed by atoms with Gasteiger partial charge in [-0.25, -0.2) is 0 Å². The Labute approximate surface area is 165 Å². The second-order valence-electron chi connectivity index (χ2n) is 6.50. The number of carbonyl (C=O) groups is 1. The maximum atomic E-state index is 12.1. The minimum atomic E-state index is -0.116. The molecule has 0 aliphatic heterocycles. The Balaban J connectivity index is 1.47. The van der Waals surface area contributed by atoms with Gasteiger partial charge in [-0.2, -0.15) is 0 Å². The molecular weight excluding hydrogens is 352 g/mol. The number of aryl methyl sites for hydroxylation is 1. The molecule has 2 N–H and O–H groups in total. The van der Waals surface area contributed by atoms with Crippen LogP contribution in [0.4, 0.5) is 11.6 Å². The van der Waals surface area contributed by atoms with Crippen LogP contribution in [0.25, 0.3) is 0 Å². The minimum absolute atomic E-state index is 0.116. The molecule has 0 bridgehead atoms. The van der Waals surface area contributed by atoms with E-state index in [2.05, 4.69) is 20.8 Å². The molecule has 1 amide bonds. The summed E-state index contributed by atoms with van der Waals surface area (Å²) in [6, 6.07) is 19.4. The van der Waals surface area contributed by atoms with Crippen molar-refractivity contribution in [2.75, 3.05) is 24.3 Å². The van der Waals surface area contributed by atoms with Crippen molar-refractivity contribution in [3.05, 3.63) is 77.4 Å². The van der Waals surface area contributed by atoms with Crippen LogP contribution in [-0.2, 0) is 17.6 Å². The zero-order valence-electron chi connectivity index (χ0n) is 16.1. The molecule has 28 heavy (non-hydrogen) atoms. The van der Waals surface area contributed by atoms with Gasteiger partial charge in [0.1, 0.15) is 11.6 Å².